The lowest BCUT2D eigenvalue weighted by Crippen LogP contribution is -2.44. The number of fused-ring (bicyclic) bond motifs is 1. The van der Waals surface area contributed by atoms with Gasteiger partial charge >= 0.3 is 0 Å². The van der Waals surface area contributed by atoms with Crippen molar-refractivity contribution in [1.82, 2.24) is 5.32 Å². The van der Waals surface area contributed by atoms with E-state index in [1.165, 1.54) is 17.2 Å². The molecule has 1 amide bonds. The highest BCUT2D eigenvalue weighted by Crippen LogP contribution is 2.19. The Morgan fingerprint density at radius 3 is 2.75 bits per heavy atom. The number of amides is 1. The molecule has 1 heterocycles. The Morgan fingerprint density at radius 1 is 1.15 bits per heavy atom. The molecule has 102 valence electrons. The maximum absolute atomic E-state index is 12.2. The van der Waals surface area contributed by atoms with Crippen LogP contribution in [0, 0.1) is 0 Å². The number of phenolic OH excluding ortho intramolecular Hbond substituents is 1. The quantitative estimate of drug-likeness (QED) is 0.781. The first kappa shape index (κ1) is 12.7. The van der Waals surface area contributed by atoms with Gasteiger partial charge in [-0.15, -0.1) is 0 Å². The number of carbonyl (C=O) groups excluding carboxylic acids is 1. The minimum absolute atomic E-state index is 0.0786. The topological polar surface area (TPSA) is 61.4 Å². The van der Waals surface area contributed by atoms with Crippen LogP contribution in [0.3, 0.4) is 0 Å². The van der Waals surface area contributed by atoms with Crippen LogP contribution in [0.5, 0.6) is 5.75 Å². The largest absolute Gasteiger partial charge is 0.508 e. The van der Waals surface area contributed by atoms with E-state index in [0.29, 0.717) is 18.7 Å². The average molecular weight is 268 g/mol. The monoisotopic (exact) mass is 268 g/mol. The van der Waals surface area contributed by atoms with E-state index in [9.17, 15) is 9.90 Å². The molecule has 1 aliphatic rings. The molecule has 0 bridgehead atoms. The normalized spacial score (nSPS) is 17.3. The van der Waals surface area contributed by atoms with Crippen LogP contribution in [-0.2, 0) is 17.8 Å². The van der Waals surface area contributed by atoms with Crippen molar-refractivity contribution < 1.29 is 9.90 Å². The van der Waals surface area contributed by atoms with Gasteiger partial charge in [0, 0.05) is 18.3 Å². The second-order valence-electron chi connectivity index (χ2n) is 4.95. The molecule has 2 aromatic rings. The predicted octanol–water partition coefficient (Wildman–Crippen LogP) is 2.05. The standard InChI is InChI=1S/C16H16N2O2/c19-14-7-3-6-13(9-14)18-16(20)15-8-11-4-1-2-5-12(11)10-17-15/h1-7,9,15,17,19H,8,10H2,(H,18,20)/t15-/m1/s1. The number of phenols is 1. The Kier molecular flexibility index (Phi) is 3.39. The summed E-state index contributed by atoms with van der Waals surface area (Å²) < 4.78 is 0. The zero-order chi connectivity index (χ0) is 13.9. The molecule has 0 spiro atoms. The van der Waals surface area contributed by atoms with E-state index in [2.05, 4.69) is 22.8 Å². The van der Waals surface area contributed by atoms with Gasteiger partial charge in [-0.25, -0.2) is 0 Å². The molecule has 4 nitrogen and oxygen atoms in total. The number of hydrogen-bond acceptors (Lipinski definition) is 3. The Hall–Kier alpha value is -2.33. The van der Waals surface area contributed by atoms with Crippen molar-refractivity contribution in [1.29, 1.82) is 0 Å². The maximum atomic E-state index is 12.2. The van der Waals surface area contributed by atoms with Gasteiger partial charge in [0.25, 0.3) is 0 Å². The van der Waals surface area contributed by atoms with Gasteiger partial charge in [-0.1, -0.05) is 30.3 Å². The minimum atomic E-state index is -0.243. The molecule has 0 radical (unpaired) electrons. The molecule has 0 saturated carbocycles. The van der Waals surface area contributed by atoms with Crippen molar-refractivity contribution in [3.63, 3.8) is 0 Å². The summed E-state index contributed by atoms with van der Waals surface area (Å²) in [6, 6.07) is 14.5. The molecule has 0 fully saturated rings. The van der Waals surface area contributed by atoms with Crippen LogP contribution in [0.25, 0.3) is 0 Å². The summed E-state index contributed by atoms with van der Waals surface area (Å²) in [6.45, 7) is 0.703. The van der Waals surface area contributed by atoms with Crippen LogP contribution in [-0.4, -0.2) is 17.1 Å². The predicted molar refractivity (Wildman–Crippen MR) is 77.5 cm³/mol. The van der Waals surface area contributed by atoms with E-state index in [4.69, 9.17) is 0 Å². The number of carbonyl (C=O) groups is 1. The van der Waals surface area contributed by atoms with Crippen LogP contribution in [0.2, 0.25) is 0 Å². The fraction of sp³-hybridized carbons (Fsp3) is 0.188. The van der Waals surface area contributed by atoms with E-state index >= 15 is 0 Å². The van der Waals surface area contributed by atoms with Gasteiger partial charge in [0.2, 0.25) is 5.91 Å². The van der Waals surface area contributed by atoms with E-state index in [-0.39, 0.29) is 17.7 Å². The van der Waals surface area contributed by atoms with E-state index in [0.717, 1.165) is 0 Å². The number of nitrogens with one attached hydrogen (secondary N) is 2. The molecular weight excluding hydrogens is 252 g/mol. The molecule has 0 saturated heterocycles. The second kappa shape index (κ2) is 5.35. The third kappa shape index (κ3) is 2.65. The van der Waals surface area contributed by atoms with Crippen LogP contribution < -0.4 is 10.6 Å². The first-order valence-electron chi connectivity index (χ1n) is 6.62. The first-order valence-corrected chi connectivity index (χ1v) is 6.62. The van der Waals surface area contributed by atoms with Crippen LogP contribution in [0.1, 0.15) is 11.1 Å². The lowest BCUT2D eigenvalue weighted by molar-refractivity contribution is -0.118. The molecule has 3 rings (SSSR count). The van der Waals surface area contributed by atoms with Crippen molar-refractivity contribution >= 4 is 11.6 Å². The summed E-state index contributed by atoms with van der Waals surface area (Å²) in [5.74, 6) is 0.0647. The molecule has 3 N–H and O–H groups in total. The van der Waals surface area contributed by atoms with Gasteiger partial charge in [0.1, 0.15) is 5.75 Å². The van der Waals surface area contributed by atoms with Gasteiger partial charge in [-0.2, -0.15) is 0 Å². The van der Waals surface area contributed by atoms with Crippen molar-refractivity contribution in [3.8, 4) is 5.75 Å². The zero-order valence-corrected chi connectivity index (χ0v) is 11.0. The summed E-state index contributed by atoms with van der Waals surface area (Å²) in [7, 11) is 0. The maximum Gasteiger partial charge on any atom is 0.241 e. The highest BCUT2D eigenvalue weighted by molar-refractivity contribution is 5.95. The van der Waals surface area contributed by atoms with Crippen molar-refractivity contribution in [2.75, 3.05) is 5.32 Å². The van der Waals surface area contributed by atoms with Crippen molar-refractivity contribution in [2.45, 2.75) is 19.0 Å². The third-order valence-electron chi connectivity index (χ3n) is 3.51. The van der Waals surface area contributed by atoms with Gasteiger partial charge < -0.3 is 15.7 Å². The van der Waals surface area contributed by atoms with Gasteiger partial charge in [-0.05, 0) is 29.7 Å². The summed E-state index contributed by atoms with van der Waals surface area (Å²) in [4.78, 5) is 12.2. The lowest BCUT2D eigenvalue weighted by Gasteiger charge is -2.25. The van der Waals surface area contributed by atoms with Crippen molar-refractivity contribution in [3.05, 3.63) is 59.7 Å². The van der Waals surface area contributed by atoms with Crippen molar-refractivity contribution in [2.24, 2.45) is 0 Å². The summed E-state index contributed by atoms with van der Waals surface area (Å²) >= 11 is 0. The highest BCUT2D eigenvalue weighted by Gasteiger charge is 2.23. The fourth-order valence-electron chi connectivity index (χ4n) is 2.45. The average Bonchev–Trinajstić information content (AvgIpc) is 2.47. The number of hydrogen-bond donors (Lipinski definition) is 3. The Bertz CT molecular complexity index is 640. The summed E-state index contributed by atoms with van der Waals surface area (Å²) in [5, 5.41) is 15.5. The summed E-state index contributed by atoms with van der Waals surface area (Å²) in [6.07, 6.45) is 0.681. The fourth-order valence-corrected chi connectivity index (χ4v) is 2.45. The highest BCUT2D eigenvalue weighted by atomic mass is 16.3. The lowest BCUT2D eigenvalue weighted by atomic mass is 9.95. The first-order chi connectivity index (χ1) is 9.72. The number of anilines is 1. The number of aromatic hydroxyl groups is 1. The van der Waals surface area contributed by atoms with Crippen LogP contribution >= 0.6 is 0 Å². The van der Waals surface area contributed by atoms with Crippen LogP contribution in [0.15, 0.2) is 48.5 Å². The number of benzene rings is 2. The molecule has 4 heteroatoms. The Morgan fingerprint density at radius 2 is 1.95 bits per heavy atom. The Balaban J connectivity index is 1.70. The molecule has 20 heavy (non-hydrogen) atoms. The second-order valence-corrected chi connectivity index (χ2v) is 4.95. The molecule has 0 aromatic heterocycles. The van der Waals surface area contributed by atoms with E-state index in [1.807, 2.05) is 12.1 Å². The molecule has 1 aliphatic heterocycles. The zero-order valence-electron chi connectivity index (χ0n) is 11.0. The van der Waals surface area contributed by atoms with E-state index in [1.54, 1.807) is 18.2 Å². The molecule has 2 aromatic carbocycles. The van der Waals surface area contributed by atoms with E-state index < -0.39 is 0 Å². The molecule has 1 atom stereocenters. The third-order valence-corrected chi connectivity index (χ3v) is 3.51. The van der Waals surface area contributed by atoms with Crippen LogP contribution in [0.4, 0.5) is 5.69 Å². The molecule has 0 unspecified atom stereocenters. The van der Waals surface area contributed by atoms with Gasteiger partial charge in [-0.3, -0.25) is 4.79 Å². The summed E-state index contributed by atoms with van der Waals surface area (Å²) in [5.41, 5.74) is 3.06. The SMILES string of the molecule is O=C(Nc1cccc(O)c1)[C@H]1Cc2ccccc2CN1. The Labute approximate surface area is 117 Å². The smallest absolute Gasteiger partial charge is 0.241 e. The molecular formula is C16H16N2O2. The molecule has 0 aliphatic carbocycles. The van der Waals surface area contributed by atoms with Gasteiger partial charge in [0.05, 0.1) is 6.04 Å². The van der Waals surface area contributed by atoms with Gasteiger partial charge in [0.15, 0.2) is 0 Å². The number of rotatable bonds is 2. The minimum Gasteiger partial charge on any atom is -0.508 e.